The minimum atomic E-state index is -3.38. The fourth-order valence-electron chi connectivity index (χ4n) is 3.19. The minimum Gasteiger partial charge on any atom is -0.474 e. The molecule has 3 aromatic rings. The van der Waals surface area contributed by atoms with E-state index in [1.165, 1.54) is 11.3 Å². The van der Waals surface area contributed by atoms with Crippen LogP contribution in [0.25, 0.3) is 11.3 Å². The van der Waals surface area contributed by atoms with Crippen LogP contribution >= 0.6 is 11.3 Å². The molecule has 0 aliphatic heterocycles. The molecule has 1 aromatic carbocycles. The summed E-state index contributed by atoms with van der Waals surface area (Å²) >= 11 is 1.20. The summed E-state index contributed by atoms with van der Waals surface area (Å²) in [5.41, 5.74) is 1.71. The molecule has 2 N–H and O–H groups in total. The number of anilines is 1. The van der Waals surface area contributed by atoms with E-state index < -0.39 is 15.6 Å². The van der Waals surface area contributed by atoms with Crippen LogP contribution in [0.1, 0.15) is 56.6 Å². The van der Waals surface area contributed by atoms with Crippen LogP contribution in [-0.4, -0.2) is 40.6 Å². The zero-order valence-electron chi connectivity index (χ0n) is 19.4. The molecule has 0 spiro atoms. The lowest BCUT2D eigenvalue weighted by atomic mass is 10.0. The van der Waals surface area contributed by atoms with Crippen molar-refractivity contribution in [2.24, 2.45) is 0 Å². The molecule has 1 amide bonds. The number of hydrogen-bond donors (Lipinski definition) is 2. The molecule has 4 rings (SSSR count). The molecule has 9 nitrogen and oxygen atoms in total. The predicted octanol–water partition coefficient (Wildman–Crippen LogP) is 3.96. The van der Waals surface area contributed by atoms with Gasteiger partial charge in [-0.15, -0.1) is 11.3 Å². The minimum absolute atomic E-state index is 0.00819. The number of nitrogens with zero attached hydrogens (tertiary/aromatic N) is 3. The quantitative estimate of drug-likeness (QED) is 0.455. The number of aromatic nitrogens is 3. The van der Waals surface area contributed by atoms with Gasteiger partial charge in [0.25, 0.3) is 5.91 Å². The highest BCUT2D eigenvalue weighted by Gasteiger charge is 2.36. The smallest absolute Gasteiger partial charge is 0.252 e. The molecule has 2 heterocycles. The summed E-state index contributed by atoms with van der Waals surface area (Å²) in [6.07, 6.45) is 4.55. The molecule has 1 saturated carbocycles. The van der Waals surface area contributed by atoms with E-state index in [0.29, 0.717) is 40.8 Å². The molecule has 0 radical (unpaired) electrons. The number of hydrogen-bond acceptors (Lipinski definition) is 8. The Morgan fingerprint density at radius 2 is 1.85 bits per heavy atom. The van der Waals surface area contributed by atoms with Crippen molar-refractivity contribution in [3.8, 4) is 17.1 Å². The first kappa shape index (κ1) is 24.1. The van der Waals surface area contributed by atoms with Crippen LogP contribution < -0.4 is 14.8 Å². The van der Waals surface area contributed by atoms with Gasteiger partial charge in [-0.05, 0) is 52.7 Å². The highest BCUT2D eigenvalue weighted by atomic mass is 32.2. The van der Waals surface area contributed by atoms with Gasteiger partial charge < -0.3 is 10.1 Å². The van der Waals surface area contributed by atoms with Crippen LogP contribution in [0.3, 0.4) is 0 Å². The molecular weight excluding hydrogens is 474 g/mol. The number of carbonyl (C=O) groups is 1. The van der Waals surface area contributed by atoms with Crippen molar-refractivity contribution in [2.75, 3.05) is 4.72 Å². The second-order valence-corrected chi connectivity index (χ2v) is 11.8. The predicted molar refractivity (Wildman–Crippen MR) is 131 cm³/mol. The molecule has 0 bridgehead atoms. The first-order valence-corrected chi connectivity index (χ1v) is 13.4. The van der Waals surface area contributed by atoms with E-state index in [9.17, 15) is 13.2 Å². The zero-order valence-corrected chi connectivity index (χ0v) is 21.0. The van der Waals surface area contributed by atoms with Gasteiger partial charge in [0, 0.05) is 16.5 Å². The molecule has 2 aromatic heterocycles. The van der Waals surface area contributed by atoms with E-state index in [4.69, 9.17) is 4.74 Å². The Morgan fingerprint density at radius 1 is 1.15 bits per heavy atom. The third-order valence-corrected chi connectivity index (χ3v) is 7.89. The Hall–Kier alpha value is -3.05. The molecule has 1 aliphatic rings. The van der Waals surface area contributed by atoms with E-state index in [0.717, 1.165) is 5.56 Å². The summed E-state index contributed by atoms with van der Waals surface area (Å²) in [4.78, 5) is 25.9. The van der Waals surface area contributed by atoms with Crippen LogP contribution in [-0.2, 0) is 15.6 Å². The number of thiazole rings is 1. The van der Waals surface area contributed by atoms with Crippen LogP contribution in [0.5, 0.6) is 5.88 Å². The summed E-state index contributed by atoms with van der Waals surface area (Å²) in [5.74, 6) is 0.172. The molecule has 0 atom stereocenters. The van der Waals surface area contributed by atoms with Crippen LogP contribution in [0, 0.1) is 0 Å². The van der Waals surface area contributed by atoms with Crippen molar-refractivity contribution in [2.45, 2.75) is 57.4 Å². The fourth-order valence-corrected chi connectivity index (χ4v) is 5.66. The van der Waals surface area contributed by atoms with Gasteiger partial charge in [0.15, 0.2) is 5.13 Å². The molecule has 180 valence electrons. The molecule has 0 unspecified atom stereocenters. The molecule has 0 saturated heterocycles. The number of nitrogens with one attached hydrogen (secondary N) is 2. The fraction of sp³-hybridized carbons (Fsp3) is 0.391. The van der Waals surface area contributed by atoms with Crippen LogP contribution in [0.4, 0.5) is 5.13 Å². The number of ether oxygens (including phenoxy) is 1. The lowest BCUT2D eigenvalue weighted by Gasteiger charge is -2.24. The van der Waals surface area contributed by atoms with Crippen molar-refractivity contribution in [1.82, 2.24) is 20.3 Å². The average molecular weight is 502 g/mol. The third kappa shape index (κ3) is 5.71. The largest absolute Gasteiger partial charge is 0.474 e. The maximum atomic E-state index is 12.9. The SMILES string of the molecule is CC(C)Oc1cncc(-c2ccc(C(=O)NC(C)(C)c3csc(NS(=O)(=O)C4CC4)n3)cc2)n1. The molecular formula is C23H27N5O4S2. The van der Waals surface area contributed by atoms with E-state index in [-0.39, 0.29) is 17.3 Å². The van der Waals surface area contributed by atoms with E-state index in [1.54, 1.807) is 42.0 Å². The van der Waals surface area contributed by atoms with Crippen LogP contribution in [0.15, 0.2) is 42.0 Å². The summed E-state index contributed by atoms with van der Waals surface area (Å²) in [5, 5.41) is 4.70. The highest BCUT2D eigenvalue weighted by Crippen LogP contribution is 2.32. The van der Waals surface area contributed by atoms with Gasteiger partial charge in [-0.2, -0.15) is 0 Å². The molecule has 11 heteroatoms. The molecule has 34 heavy (non-hydrogen) atoms. The van der Waals surface area contributed by atoms with Crippen molar-refractivity contribution < 1.29 is 17.9 Å². The second-order valence-electron chi connectivity index (χ2n) is 8.95. The van der Waals surface area contributed by atoms with Gasteiger partial charge in [0.1, 0.15) is 0 Å². The number of benzene rings is 1. The van der Waals surface area contributed by atoms with Gasteiger partial charge in [0.2, 0.25) is 15.9 Å². The number of amides is 1. The first-order valence-electron chi connectivity index (χ1n) is 10.9. The number of carbonyl (C=O) groups excluding carboxylic acids is 1. The number of rotatable bonds is 9. The zero-order chi connectivity index (χ0) is 24.5. The van der Waals surface area contributed by atoms with E-state index >= 15 is 0 Å². The van der Waals surface area contributed by atoms with Crippen molar-refractivity contribution in [1.29, 1.82) is 0 Å². The van der Waals surface area contributed by atoms with Gasteiger partial charge in [-0.3, -0.25) is 14.5 Å². The summed E-state index contributed by atoms with van der Waals surface area (Å²) in [6, 6.07) is 7.04. The van der Waals surface area contributed by atoms with Gasteiger partial charge >= 0.3 is 0 Å². The van der Waals surface area contributed by atoms with Gasteiger partial charge in [-0.1, -0.05) is 12.1 Å². The number of sulfonamides is 1. The Balaban J connectivity index is 1.43. The summed E-state index contributed by atoms with van der Waals surface area (Å²) in [6.45, 7) is 7.48. The normalized spacial score (nSPS) is 14.1. The van der Waals surface area contributed by atoms with E-state index in [1.807, 2.05) is 27.7 Å². The first-order chi connectivity index (χ1) is 16.0. The van der Waals surface area contributed by atoms with Crippen molar-refractivity contribution in [3.63, 3.8) is 0 Å². The third-order valence-electron chi connectivity index (χ3n) is 5.18. The summed E-state index contributed by atoms with van der Waals surface area (Å²) in [7, 11) is -3.38. The standard InChI is InChI=1S/C23H27N5O4S2/c1-14(2)32-20-12-24-11-18(25-20)15-5-7-16(8-6-15)21(29)27-23(3,4)19-13-33-22(26-19)28-34(30,31)17-9-10-17/h5-8,11-14,17H,9-10H2,1-4H3,(H,26,28)(H,27,29). The maximum Gasteiger partial charge on any atom is 0.252 e. The molecule has 1 fully saturated rings. The highest BCUT2D eigenvalue weighted by molar-refractivity contribution is 7.93. The monoisotopic (exact) mass is 501 g/mol. The van der Waals surface area contributed by atoms with Crippen molar-refractivity contribution >= 4 is 32.4 Å². The topological polar surface area (TPSA) is 123 Å². The lowest BCUT2D eigenvalue weighted by Crippen LogP contribution is -2.41. The molecule has 1 aliphatic carbocycles. The van der Waals surface area contributed by atoms with Gasteiger partial charge in [0.05, 0.1) is 40.7 Å². The second kappa shape index (κ2) is 9.30. The van der Waals surface area contributed by atoms with Gasteiger partial charge in [-0.25, -0.2) is 18.4 Å². The average Bonchev–Trinajstić information content (AvgIpc) is 3.54. The maximum absolute atomic E-state index is 12.9. The Kier molecular flexibility index (Phi) is 6.59. The van der Waals surface area contributed by atoms with Crippen LogP contribution in [0.2, 0.25) is 0 Å². The summed E-state index contributed by atoms with van der Waals surface area (Å²) < 4.78 is 32.4. The Bertz CT molecular complexity index is 1280. The Labute approximate surface area is 203 Å². The van der Waals surface area contributed by atoms with Crippen molar-refractivity contribution in [3.05, 3.63) is 53.3 Å². The Morgan fingerprint density at radius 3 is 2.50 bits per heavy atom. The lowest BCUT2D eigenvalue weighted by molar-refractivity contribution is 0.0910. The van der Waals surface area contributed by atoms with E-state index in [2.05, 4.69) is 25.0 Å².